The maximum Gasteiger partial charge on any atom is 0.407 e. The van der Waals surface area contributed by atoms with Crippen molar-refractivity contribution in [1.29, 1.82) is 0 Å². The highest BCUT2D eigenvalue weighted by molar-refractivity contribution is 5.68. The second kappa shape index (κ2) is 8.63. The van der Waals surface area contributed by atoms with Gasteiger partial charge in [-0.3, -0.25) is 0 Å². The van der Waals surface area contributed by atoms with Gasteiger partial charge in [-0.05, 0) is 52.5 Å². The van der Waals surface area contributed by atoms with Gasteiger partial charge < -0.3 is 19.9 Å². The highest BCUT2D eigenvalue weighted by atomic mass is 19.1. The van der Waals surface area contributed by atoms with Crippen molar-refractivity contribution < 1.29 is 23.8 Å². The number of ether oxygens (including phenoxy) is 2. The third-order valence-electron chi connectivity index (χ3n) is 4.15. The molecular weight excluding hydrogens is 325 g/mol. The molecule has 25 heavy (non-hydrogen) atoms. The third kappa shape index (κ3) is 6.63. The van der Waals surface area contributed by atoms with Gasteiger partial charge in [0.15, 0.2) is 0 Å². The van der Waals surface area contributed by atoms with Crippen molar-refractivity contribution in [1.82, 2.24) is 5.32 Å². The average Bonchev–Trinajstić information content (AvgIpc) is 2.52. The normalized spacial score (nSPS) is 22.3. The maximum absolute atomic E-state index is 13.6. The van der Waals surface area contributed by atoms with Crippen molar-refractivity contribution in [3.8, 4) is 0 Å². The summed E-state index contributed by atoms with van der Waals surface area (Å²) < 4.78 is 24.6. The van der Waals surface area contributed by atoms with Crippen LogP contribution in [0.1, 0.15) is 58.1 Å². The van der Waals surface area contributed by atoms with Crippen LogP contribution >= 0.6 is 0 Å². The molecule has 0 aromatic heterocycles. The summed E-state index contributed by atoms with van der Waals surface area (Å²) in [5.74, 6) is -0.427. The number of carbonyl (C=O) groups is 1. The van der Waals surface area contributed by atoms with Crippen molar-refractivity contribution in [2.24, 2.45) is 0 Å². The molecule has 0 spiro atoms. The zero-order valence-corrected chi connectivity index (χ0v) is 15.1. The molecule has 1 saturated carbocycles. The molecule has 140 valence electrons. The lowest BCUT2D eigenvalue weighted by Gasteiger charge is -2.30. The highest BCUT2D eigenvalue weighted by Gasteiger charge is 2.26. The predicted octanol–water partition coefficient (Wildman–Crippen LogP) is 3.71. The molecule has 1 atom stereocenters. The highest BCUT2D eigenvalue weighted by Crippen LogP contribution is 2.24. The Bertz CT molecular complexity index is 565. The molecule has 1 aliphatic rings. The predicted molar refractivity (Wildman–Crippen MR) is 92.7 cm³/mol. The molecule has 0 heterocycles. The topological polar surface area (TPSA) is 67.8 Å². The van der Waals surface area contributed by atoms with Crippen LogP contribution in [0.5, 0.6) is 0 Å². The third-order valence-corrected chi connectivity index (χ3v) is 4.15. The Morgan fingerprint density at radius 3 is 2.52 bits per heavy atom. The van der Waals surface area contributed by atoms with Gasteiger partial charge in [-0.25, -0.2) is 9.18 Å². The number of hydrogen-bond donors (Lipinski definition) is 2. The lowest BCUT2D eigenvalue weighted by molar-refractivity contribution is -0.0291. The Morgan fingerprint density at radius 2 is 1.92 bits per heavy atom. The van der Waals surface area contributed by atoms with Crippen LogP contribution in [-0.2, 0) is 9.47 Å². The van der Waals surface area contributed by atoms with Crippen molar-refractivity contribution in [2.45, 2.75) is 70.3 Å². The quantitative estimate of drug-likeness (QED) is 0.847. The summed E-state index contributed by atoms with van der Waals surface area (Å²) in [7, 11) is 0. The standard InChI is InChI=1S/C19H28FNO4/c1-19(2,3)25-18(23)21-13-8-10-14(11-9-13)24-12-17(22)15-6-4-5-7-16(15)20/h4-7,13-14,17,22H,8-12H2,1-3H3,(H,21,23)/t13?,14?,17-/m1/s1. The van der Waals surface area contributed by atoms with Crippen LogP contribution < -0.4 is 5.32 Å². The summed E-state index contributed by atoms with van der Waals surface area (Å²) in [4.78, 5) is 11.8. The first-order chi connectivity index (χ1) is 11.7. The largest absolute Gasteiger partial charge is 0.444 e. The molecule has 1 aromatic rings. The average molecular weight is 353 g/mol. The van der Waals surface area contributed by atoms with Crippen LogP contribution in [0.2, 0.25) is 0 Å². The number of carbonyl (C=O) groups excluding carboxylic acids is 1. The van der Waals surface area contributed by atoms with Crippen molar-refractivity contribution >= 4 is 6.09 Å². The monoisotopic (exact) mass is 353 g/mol. The summed E-state index contributed by atoms with van der Waals surface area (Å²) in [6, 6.07) is 6.24. The van der Waals surface area contributed by atoms with Gasteiger partial charge in [-0.15, -0.1) is 0 Å². The van der Waals surface area contributed by atoms with Gasteiger partial charge in [0.1, 0.15) is 17.5 Å². The van der Waals surface area contributed by atoms with Crippen LogP contribution in [0, 0.1) is 5.82 Å². The van der Waals surface area contributed by atoms with E-state index in [-0.39, 0.29) is 24.3 Å². The van der Waals surface area contributed by atoms with E-state index in [1.807, 2.05) is 20.8 Å². The molecule has 1 amide bonds. The summed E-state index contributed by atoms with van der Waals surface area (Å²) in [5.41, 5.74) is -0.254. The summed E-state index contributed by atoms with van der Waals surface area (Å²) in [5, 5.41) is 13.0. The first kappa shape index (κ1) is 19.7. The summed E-state index contributed by atoms with van der Waals surface area (Å²) in [6.45, 7) is 5.56. The number of hydrogen-bond acceptors (Lipinski definition) is 4. The minimum Gasteiger partial charge on any atom is -0.444 e. The van der Waals surface area contributed by atoms with E-state index in [0.29, 0.717) is 0 Å². The second-order valence-corrected chi connectivity index (χ2v) is 7.49. The molecule has 1 aromatic carbocycles. The minimum atomic E-state index is -0.973. The summed E-state index contributed by atoms with van der Waals surface area (Å²) in [6.07, 6.45) is 1.79. The van der Waals surface area contributed by atoms with Gasteiger partial charge in [-0.1, -0.05) is 18.2 Å². The van der Waals surface area contributed by atoms with E-state index in [2.05, 4.69) is 5.32 Å². The number of aliphatic hydroxyl groups excluding tert-OH is 1. The Hall–Kier alpha value is -1.66. The van der Waals surface area contributed by atoms with E-state index in [1.54, 1.807) is 18.2 Å². The van der Waals surface area contributed by atoms with E-state index < -0.39 is 23.6 Å². The zero-order valence-electron chi connectivity index (χ0n) is 15.1. The molecule has 1 fully saturated rings. The van der Waals surface area contributed by atoms with Crippen LogP contribution in [0.15, 0.2) is 24.3 Å². The lowest BCUT2D eigenvalue weighted by atomic mass is 9.93. The van der Waals surface area contributed by atoms with Crippen LogP contribution in [0.25, 0.3) is 0 Å². The van der Waals surface area contributed by atoms with Crippen molar-refractivity contribution in [2.75, 3.05) is 6.61 Å². The van der Waals surface area contributed by atoms with Gasteiger partial charge >= 0.3 is 6.09 Å². The lowest BCUT2D eigenvalue weighted by Crippen LogP contribution is -2.42. The van der Waals surface area contributed by atoms with E-state index >= 15 is 0 Å². The number of rotatable bonds is 5. The first-order valence-electron chi connectivity index (χ1n) is 8.78. The molecule has 6 heteroatoms. The van der Waals surface area contributed by atoms with E-state index in [9.17, 15) is 14.3 Å². The van der Waals surface area contributed by atoms with Crippen LogP contribution in [-0.4, -0.2) is 35.6 Å². The molecular formula is C19H28FNO4. The number of alkyl carbamates (subject to hydrolysis) is 1. The molecule has 0 saturated heterocycles. The zero-order chi connectivity index (χ0) is 18.4. The molecule has 5 nitrogen and oxygen atoms in total. The van der Waals surface area contributed by atoms with E-state index in [1.165, 1.54) is 6.07 Å². The van der Waals surface area contributed by atoms with Crippen molar-refractivity contribution in [3.63, 3.8) is 0 Å². The van der Waals surface area contributed by atoms with Gasteiger partial charge in [0.25, 0.3) is 0 Å². The fourth-order valence-corrected chi connectivity index (χ4v) is 2.91. The molecule has 0 unspecified atom stereocenters. The smallest absolute Gasteiger partial charge is 0.407 e. The van der Waals surface area contributed by atoms with Gasteiger partial charge in [-0.2, -0.15) is 0 Å². The molecule has 0 aliphatic heterocycles. The van der Waals surface area contributed by atoms with E-state index in [4.69, 9.17) is 9.47 Å². The number of halogens is 1. The first-order valence-corrected chi connectivity index (χ1v) is 8.78. The second-order valence-electron chi connectivity index (χ2n) is 7.49. The molecule has 0 bridgehead atoms. The SMILES string of the molecule is CC(C)(C)OC(=O)NC1CCC(OC[C@@H](O)c2ccccc2F)CC1. The van der Waals surface area contributed by atoms with Crippen molar-refractivity contribution in [3.05, 3.63) is 35.6 Å². The van der Waals surface area contributed by atoms with Crippen LogP contribution in [0.3, 0.4) is 0 Å². The van der Waals surface area contributed by atoms with Gasteiger partial charge in [0.2, 0.25) is 0 Å². The fourth-order valence-electron chi connectivity index (χ4n) is 2.91. The summed E-state index contributed by atoms with van der Waals surface area (Å²) >= 11 is 0. The maximum atomic E-state index is 13.6. The Kier molecular flexibility index (Phi) is 6.79. The number of nitrogens with one attached hydrogen (secondary N) is 1. The molecule has 2 rings (SSSR count). The molecule has 2 N–H and O–H groups in total. The van der Waals surface area contributed by atoms with E-state index in [0.717, 1.165) is 25.7 Å². The number of amides is 1. The van der Waals surface area contributed by atoms with Gasteiger partial charge in [0, 0.05) is 11.6 Å². The fraction of sp³-hybridized carbons (Fsp3) is 0.632. The molecule has 0 radical (unpaired) electrons. The Balaban J connectivity index is 1.70. The Morgan fingerprint density at radius 1 is 1.28 bits per heavy atom. The molecule has 1 aliphatic carbocycles. The Labute approximate surface area is 148 Å². The minimum absolute atomic E-state index is 0.0121. The van der Waals surface area contributed by atoms with Crippen LogP contribution in [0.4, 0.5) is 9.18 Å². The number of benzene rings is 1. The number of aliphatic hydroxyl groups is 1. The van der Waals surface area contributed by atoms with Gasteiger partial charge in [0.05, 0.1) is 12.7 Å².